The second kappa shape index (κ2) is 8.61. The lowest BCUT2D eigenvalue weighted by atomic mass is 10.0. The van der Waals surface area contributed by atoms with Crippen molar-refractivity contribution in [3.8, 4) is 0 Å². The topological polar surface area (TPSA) is 41.5 Å². The van der Waals surface area contributed by atoms with Crippen molar-refractivity contribution >= 4 is 11.6 Å². The number of benzene rings is 2. The van der Waals surface area contributed by atoms with Gasteiger partial charge in [0.2, 0.25) is 5.91 Å². The number of hydrazone groups is 1. The first-order chi connectivity index (χ1) is 12.3. The van der Waals surface area contributed by atoms with Crippen LogP contribution in [-0.2, 0) is 4.79 Å². The number of nitrogens with one attached hydrogen (secondary N) is 1. The smallest absolute Gasteiger partial charge is 0.243 e. The van der Waals surface area contributed by atoms with E-state index in [2.05, 4.69) is 41.7 Å². The molecule has 0 heterocycles. The normalized spacial score (nSPS) is 19.5. The van der Waals surface area contributed by atoms with Gasteiger partial charge in [0.05, 0.1) is 5.71 Å². The van der Waals surface area contributed by atoms with Crippen LogP contribution < -0.4 is 5.43 Å². The van der Waals surface area contributed by atoms with Crippen LogP contribution in [0.2, 0.25) is 0 Å². The van der Waals surface area contributed by atoms with Gasteiger partial charge in [-0.1, -0.05) is 80.4 Å². The predicted molar refractivity (Wildman–Crippen MR) is 103 cm³/mol. The van der Waals surface area contributed by atoms with Gasteiger partial charge >= 0.3 is 0 Å². The molecule has 1 amide bonds. The third-order valence-electron chi connectivity index (χ3n) is 4.78. The van der Waals surface area contributed by atoms with Crippen molar-refractivity contribution in [1.82, 2.24) is 5.43 Å². The monoisotopic (exact) mass is 334 g/mol. The van der Waals surface area contributed by atoms with Gasteiger partial charge < -0.3 is 0 Å². The summed E-state index contributed by atoms with van der Waals surface area (Å²) in [5.41, 5.74) is 6.13. The molecule has 3 nitrogen and oxygen atoms in total. The highest BCUT2D eigenvalue weighted by Gasteiger charge is 2.43. The van der Waals surface area contributed by atoms with Gasteiger partial charge in [0.15, 0.2) is 0 Å². The summed E-state index contributed by atoms with van der Waals surface area (Å²) in [6.07, 6.45) is 5.26. The Balaban J connectivity index is 1.62. The van der Waals surface area contributed by atoms with Gasteiger partial charge in [-0.05, 0) is 36.3 Å². The van der Waals surface area contributed by atoms with Crippen molar-refractivity contribution in [3.05, 3.63) is 71.8 Å². The molecule has 0 saturated heterocycles. The van der Waals surface area contributed by atoms with Gasteiger partial charge in [0.25, 0.3) is 0 Å². The summed E-state index contributed by atoms with van der Waals surface area (Å²) < 4.78 is 0. The molecule has 1 aliphatic rings. The third kappa shape index (κ3) is 4.79. The lowest BCUT2D eigenvalue weighted by Gasteiger charge is -2.07. The van der Waals surface area contributed by atoms with Crippen molar-refractivity contribution < 1.29 is 4.79 Å². The van der Waals surface area contributed by atoms with Gasteiger partial charge in [-0.2, -0.15) is 5.10 Å². The number of amides is 1. The second-order valence-corrected chi connectivity index (χ2v) is 6.72. The first-order valence-corrected chi connectivity index (χ1v) is 9.26. The number of rotatable bonds is 8. The molecule has 1 fully saturated rings. The van der Waals surface area contributed by atoms with Crippen LogP contribution in [-0.4, -0.2) is 11.6 Å². The number of nitrogens with zero attached hydrogens (tertiary/aromatic N) is 1. The van der Waals surface area contributed by atoms with Crippen LogP contribution in [0, 0.1) is 5.92 Å². The van der Waals surface area contributed by atoms with E-state index in [-0.39, 0.29) is 11.8 Å². The fourth-order valence-electron chi connectivity index (χ4n) is 3.20. The van der Waals surface area contributed by atoms with Crippen molar-refractivity contribution in [2.24, 2.45) is 11.0 Å². The SMILES string of the molecule is CCCCCC(=NNC(=O)[C@H]1C[C@@H]1c1ccccc1)c1ccccc1. The van der Waals surface area contributed by atoms with E-state index >= 15 is 0 Å². The van der Waals surface area contributed by atoms with Crippen LogP contribution in [0.3, 0.4) is 0 Å². The highest BCUT2D eigenvalue weighted by molar-refractivity contribution is 6.01. The summed E-state index contributed by atoms with van der Waals surface area (Å²) in [5, 5.41) is 4.47. The number of hydrogen-bond donors (Lipinski definition) is 1. The van der Waals surface area contributed by atoms with Gasteiger partial charge in [-0.15, -0.1) is 0 Å². The largest absolute Gasteiger partial charge is 0.273 e. The summed E-state index contributed by atoms with van der Waals surface area (Å²) in [6.45, 7) is 2.19. The fourth-order valence-corrected chi connectivity index (χ4v) is 3.20. The van der Waals surface area contributed by atoms with Crippen LogP contribution in [0.5, 0.6) is 0 Å². The van der Waals surface area contributed by atoms with Crippen LogP contribution >= 0.6 is 0 Å². The zero-order valence-electron chi connectivity index (χ0n) is 14.8. The van der Waals surface area contributed by atoms with Gasteiger partial charge in [0.1, 0.15) is 0 Å². The minimum absolute atomic E-state index is 0.0396. The maximum Gasteiger partial charge on any atom is 0.243 e. The standard InChI is InChI=1S/C22H26N2O/c1-2-3-6-15-21(18-13-9-5-10-14-18)23-24-22(25)20-16-19(20)17-11-7-4-8-12-17/h4-5,7-14,19-20H,2-3,6,15-16H2,1H3,(H,24,25)/t19-,20+/m1/s1. The summed E-state index contributed by atoms with van der Waals surface area (Å²) in [5.74, 6) is 0.438. The summed E-state index contributed by atoms with van der Waals surface area (Å²) in [6, 6.07) is 20.4. The Morgan fingerprint density at radius 2 is 1.72 bits per heavy atom. The van der Waals surface area contributed by atoms with E-state index in [0.29, 0.717) is 5.92 Å². The summed E-state index contributed by atoms with van der Waals surface area (Å²) in [7, 11) is 0. The molecule has 1 aliphatic carbocycles. The number of carbonyl (C=O) groups excluding carboxylic acids is 1. The van der Waals surface area contributed by atoms with E-state index in [1.807, 2.05) is 36.4 Å². The van der Waals surface area contributed by atoms with E-state index in [4.69, 9.17) is 0 Å². The Bertz CT molecular complexity index is 709. The molecular formula is C22H26N2O. The molecule has 1 N–H and O–H groups in total. The van der Waals surface area contributed by atoms with Crippen LogP contribution in [0.25, 0.3) is 0 Å². The third-order valence-corrected chi connectivity index (χ3v) is 4.78. The molecule has 130 valence electrons. The Labute approximate surface area is 150 Å². The molecule has 0 spiro atoms. The molecule has 2 aromatic rings. The van der Waals surface area contributed by atoms with Crippen LogP contribution in [0.1, 0.15) is 56.1 Å². The molecule has 3 rings (SSSR count). The van der Waals surface area contributed by atoms with Crippen molar-refractivity contribution in [1.29, 1.82) is 0 Å². The first kappa shape index (κ1) is 17.4. The molecule has 0 radical (unpaired) electrons. The Kier molecular flexibility index (Phi) is 5.99. The van der Waals surface area contributed by atoms with E-state index in [9.17, 15) is 4.79 Å². The number of hydrogen-bond acceptors (Lipinski definition) is 2. The van der Waals surface area contributed by atoms with E-state index in [0.717, 1.165) is 30.5 Å². The molecular weight excluding hydrogens is 308 g/mol. The maximum absolute atomic E-state index is 12.4. The number of unbranched alkanes of at least 4 members (excludes halogenated alkanes) is 2. The van der Waals surface area contributed by atoms with E-state index < -0.39 is 0 Å². The average molecular weight is 334 g/mol. The molecule has 1 saturated carbocycles. The average Bonchev–Trinajstić information content (AvgIpc) is 3.47. The molecule has 0 unspecified atom stereocenters. The number of carbonyl (C=O) groups is 1. The summed E-state index contributed by atoms with van der Waals surface area (Å²) >= 11 is 0. The van der Waals surface area contributed by atoms with Gasteiger partial charge in [0, 0.05) is 5.92 Å². The molecule has 2 atom stereocenters. The maximum atomic E-state index is 12.4. The van der Waals surface area contributed by atoms with Crippen LogP contribution in [0.4, 0.5) is 0 Å². The fraction of sp³-hybridized carbons (Fsp3) is 0.364. The Hall–Kier alpha value is -2.42. The van der Waals surface area contributed by atoms with E-state index in [1.165, 1.54) is 18.4 Å². The van der Waals surface area contributed by atoms with Crippen molar-refractivity contribution in [3.63, 3.8) is 0 Å². The minimum atomic E-state index is 0.0396. The molecule has 2 aromatic carbocycles. The first-order valence-electron chi connectivity index (χ1n) is 9.26. The second-order valence-electron chi connectivity index (χ2n) is 6.72. The summed E-state index contributed by atoms with van der Waals surface area (Å²) in [4.78, 5) is 12.4. The Morgan fingerprint density at radius 1 is 1.04 bits per heavy atom. The highest BCUT2D eigenvalue weighted by atomic mass is 16.2. The van der Waals surface area contributed by atoms with Gasteiger partial charge in [-0.3, -0.25) is 4.79 Å². The van der Waals surface area contributed by atoms with Gasteiger partial charge in [-0.25, -0.2) is 5.43 Å². The molecule has 0 aromatic heterocycles. The molecule has 25 heavy (non-hydrogen) atoms. The lowest BCUT2D eigenvalue weighted by Crippen LogP contribution is -2.22. The van der Waals surface area contributed by atoms with Crippen molar-refractivity contribution in [2.75, 3.05) is 0 Å². The Morgan fingerprint density at radius 3 is 2.40 bits per heavy atom. The van der Waals surface area contributed by atoms with Crippen LogP contribution in [0.15, 0.2) is 65.8 Å². The quantitative estimate of drug-likeness (QED) is 0.417. The zero-order valence-corrected chi connectivity index (χ0v) is 14.8. The lowest BCUT2D eigenvalue weighted by molar-refractivity contribution is -0.122. The molecule has 0 aliphatic heterocycles. The molecule has 3 heteroatoms. The van der Waals surface area contributed by atoms with Crippen molar-refractivity contribution in [2.45, 2.75) is 44.9 Å². The minimum Gasteiger partial charge on any atom is -0.273 e. The zero-order chi connectivity index (χ0) is 17.5. The molecule has 0 bridgehead atoms. The predicted octanol–water partition coefficient (Wildman–Crippen LogP) is 4.89. The van der Waals surface area contributed by atoms with E-state index in [1.54, 1.807) is 0 Å². The highest BCUT2D eigenvalue weighted by Crippen LogP contribution is 2.47.